The zero-order chi connectivity index (χ0) is 23.7. The Hall–Kier alpha value is -2.24. The average Bonchev–Trinajstić information content (AvgIpc) is 3.16. The minimum absolute atomic E-state index is 0.230. The first-order valence-electron chi connectivity index (χ1n) is 13.0. The number of carbonyl (C=O) groups excluding carboxylic acids is 1. The molecule has 2 aromatic rings. The topological polar surface area (TPSA) is 67.6 Å². The molecule has 1 N–H and O–H groups in total. The van der Waals surface area contributed by atoms with Gasteiger partial charge in [-0.1, -0.05) is 57.9 Å². The second-order valence-electron chi connectivity index (χ2n) is 10.4. The zero-order valence-corrected chi connectivity index (χ0v) is 21.1. The van der Waals surface area contributed by atoms with E-state index in [4.69, 9.17) is 9.15 Å². The number of fused-ring (bicyclic) bond motifs is 1. The molecular formula is C27H43N3O3. The summed E-state index contributed by atoms with van der Waals surface area (Å²) in [6.07, 6.45) is 13.3. The summed E-state index contributed by atoms with van der Waals surface area (Å²) in [5.74, 6) is 0. The Labute approximate surface area is 199 Å². The van der Waals surface area contributed by atoms with E-state index in [-0.39, 0.29) is 12.1 Å². The second-order valence-corrected chi connectivity index (χ2v) is 10.4. The average molecular weight is 458 g/mol. The van der Waals surface area contributed by atoms with Gasteiger partial charge >= 0.3 is 6.09 Å². The van der Waals surface area contributed by atoms with Crippen molar-refractivity contribution in [2.75, 3.05) is 18.4 Å². The number of rotatable bonds is 11. The molecule has 184 valence electrons. The number of oxazole rings is 1. The predicted octanol–water partition coefficient (Wildman–Crippen LogP) is 7.32. The Morgan fingerprint density at radius 3 is 2.42 bits per heavy atom. The van der Waals surface area contributed by atoms with E-state index in [0.29, 0.717) is 19.1 Å². The summed E-state index contributed by atoms with van der Waals surface area (Å²) in [4.78, 5) is 18.7. The van der Waals surface area contributed by atoms with E-state index in [1.807, 2.05) is 26.8 Å². The SMILES string of the molecule is CCCCCCCCCCc1ccc2oc(NC3CCN(C(=O)OC(C)(C)C)CC3)nc2c1. The lowest BCUT2D eigenvalue weighted by Gasteiger charge is -2.33. The fourth-order valence-corrected chi connectivity index (χ4v) is 4.36. The first kappa shape index (κ1) is 25.4. The van der Waals surface area contributed by atoms with Crippen LogP contribution in [0.4, 0.5) is 10.8 Å². The van der Waals surface area contributed by atoms with Crippen LogP contribution in [0.5, 0.6) is 0 Å². The third kappa shape index (κ3) is 8.56. The van der Waals surface area contributed by atoms with Gasteiger partial charge in [0.05, 0.1) is 0 Å². The van der Waals surface area contributed by atoms with Crippen molar-refractivity contribution in [3.05, 3.63) is 23.8 Å². The number of nitrogens with one attached hydrogen (secondary N) is 1. The number of ether oxygens (including phenoxy) is 1. The molecule has 1 aromatic carbocycles. The van der Waals surface area contributed by atoms with E-state index in [0.717, 1.165) is 30.4 Å². The normalized spacial score (nSPS) is 15.2. The van der Waals surface area contributed by atoms with Gasteiger partial charge in [0.15, 0.2) is 5.58 Å². The maximum atomic E-state index is 12.2. The van der Waals surface area contributed by atoms with Gasteiger partial charge in [0, 0.05) is 19.1 Å². The smallest absolute Gasteiger partial charge is 0.410 e. The summed E-state index contributed by atoms with van der Waals surface area (Å²) in [6.45, 7) is 9.31. The Bertz CT molecular complexity index is 863. The first-order chi connectivity index (χ1) is 15.8. The third-order valence-corrected chi connectivity index (χ3v) is 6.25. The third-order valence-electron chi connectivity index (χ3n) is 6.25. The highest BCUT2D eigenvalue weighted by Gasteiger charge is 2.27. The molecule has 0 aliphatic carbocycles. The number of hydrogen-bond donors (Lipinski definition) is 1. The molecule has 0 unspecified atom stereocenters. The molecule has 0 atom stereocenters. The van der Waals surface area contributed by atoms with Gasteiger partial charge in [-0.05, 0) is 64.2 Å². The van der Waals surface area contributed by atoms with Gasteiger partial charge in [-0.15, -0.1) is 0 Å². The molecule has 33 heavy (non-hydrogen) atoms. The minimum Gasteiger partial charge on any atom is -0.444 e. The number of piperidine rings is 1. The van der Waals surface area contributed by atoms with Crippen molar-refractivity contribution in [2.45, 2.75) is 110 Å². The molecule has 2 heterocycles. The van der Waals surface area contributed by atoms with Gasteiger partial charge < -0.3 is 19.4 Å². The molecule has 1 aliphatic rings. The highest BCUT2D eigenvalue weighted by atomic mass is 16.6. The number of aromatic nitrogens is 1. The van der Waals surface area contributed by atoms with E-state index in [2.05, 4.69) is 29.4 Å². The molecule has 0 saturated carbocycles. The van der Waals surface area contributed by atoms with Gasteiger partial charge in [0.25, 0.3) is 6.01 Å². The molecule has 1 fully saturated rings. The van der Waals surface area contributed by atoms with Crippen LogP contribution in [-0.4, -0.2) is 40.7 Å². The second kappa shape index (κ2) is 12.3. The predicted molar refractivity (Wildman–Crippen MR) is 135 cm³/mol. The van der Waals surface area contributed by atoms with Crippen molar-refractivity contribution in [1.29, 1.82) is 0 Å². The molecule has 3 rings (SSSR count). The molecule has 0 bridgehead atoms. The van der Waals surface area contributed by atoms with Crippen LogP contribution in [0.15, 0.2) is 22.6 Å². The van der Waals surface area contributed by atoms with Crippen molar-refractivity contribution in [2.24, 2.45) is 0 Å². The number of nitrogens with zero attached hydrogens (tertiary/aromatic N) is 2. The Kier molecular flexibility index (Phi) is 9.45. The minimum atomic E-state index is -0.461. The lowest BCUT2D eigenvalue weighted by Crippen LogP contribution is -2.44. The van der Waals surface area contributed by atoms with Gasteiger partial charge in [-0.25, -0.2) is 4.79 Å². The standard InChI is InChI=1S/C27H43N3O3/c1-5-6-7-8-9-10-11-12-13-21-14-15-24-23(20-21)29-25(32-24)28-22-16-18-30(19-17-22)26(31)33-27(2,3)4/h14-15,20,22H,5-13,16-19H2,1-4H3,(H,28,29). The van der Waals surface area contributed by atoms with Gasteiger partial charge in [0.1, 0.15) is 11.1 Å². The highest BCUT2D eigenvalue weighted by molar-refractivity contribution is 5.75. The van der Waals surface area contributed by atoms with Crippen molar-refractivity contribution >= 4 is 23.2 Å². The number of unbranched alkanes of at least 4 members (excludes halogenated alkanes) is 7. The number of amides is 1. The van der Waals surface area contributed by atoms with Gasteiger partial charge in [-0.2, -0.15) is 4.98 Å². The summed E-state index contributed by atoms with van der Waals surface area (Å²) < 4.78 is 11.4. The lowest BCUT2D eigenvalue weighted by atomic mass is 10.0. The van der Waals surface area contributed by atoms with Gasteiger partial charge in [-0.3, -0.25) is 0 Å². The van der Waals surface area contributed by atoms with Gasteiger partial charge in [0.2, 0.25) is 0 Å². The number of likely N-dealkylation sites (tertiary alicyclic amines) is 1. The molecular weight excluding hydrogens is 414 g/mol. The maximum Gasteiger partial charge on any atom is 0.410 e. The molecule has 1 saturated heterocycles. The Morgan fingerprint density at radius 2 is 1.76 bits per heavy atom. The first-order valence-corrected chi connectivity index (χ1v) is 13.0. The number of carbonyl (C=O) groups is 1. The summed E-state index contributed by atoms with van der Waals surface area (Å²) >= 11 is 0. The quantitative estimate of drug-likeness (QED) is 0.358. The number of aryl methyl sites for hydroxylation is 1. The van der Waals surface area contributed by atoms with E-state index >= 15 is 0 Å². The molecule has 0 radical (unpaired) electrons. The van der Waals surface area contributed by atoms with Crippen LogP contribution < -0.4 is 5.32 Å². The van der Waals surface area contributed by atoms with E-state index in [9.17, 15) is 4.79 Å². The van der Waals surface area contributed by atoms with Crippen LogP contribution >= 0.6 is 0 Å². The lowest BCUT2D eigenvalue weighted by molar-refractivity contribution is 0.0210. The summed E-state index contributed by atoms with van der Waals surface area (Å²) in [7, 11) is 0. The van der Waals surface area contributed by atoms with Crippen LogP contribution in [-0.2, 0) is 11.2 Å². The number of benzene rings is 1. The van der Waals surface area contributed by atoms with Crippen LogP contribution in [0.25, 0.3) is 11.1 Å². The fourth-order valence-electron chi connectivity index (χ4n) is 4.36. The van der Waals surface area contributed by atoms with Crippen molar-refractivity contribution in [3.8, 4) is 0 Å². The highest BCUT2D eigenvalue weighted by Crippen LogP contribution is 2.24. The monoisotopic (exact) mass is 457 g/mol. The summed E-state index contributed by atoms with van der Waals surface area (Å²) in [5.41, 5.74) is 2.61. The Morgan fingerprint density at radius 1 is 1.09 bits per heavy atom. The van der Waals surface area contributed by atoms with Crippen molar-refractivity contribution in [3.63, 3.8) is 0 Å². The molecule has 1 amide bonds. The number of hydrogen-bond acceptors (Lipinski definition) is 5. The summed E-state index contributed by atoms with van der Waals surface area (Å²) in [6, 6.07) is 7.19. The molecule has 6 heteroatoms. The van der Waals surface area contributed by atoms with E-state index < -0.39 is 5.60 Å². The van der Waals surface area contributed by atoms with Crippen LogP contribution in [0.3, 0.4) is 0 Å². The van der Waals surface area contributed by atoms with Crippen LogP contribution in [0, 0.1) is 0 Å². The summed E-state index contributed by atoms with van der Waals surface area (Å²) in [5, 5.41) is 3.42. The van der Waals surface area contributed by atoms with Crippen LogP contribution in [0.2, 0.25) is 0 Å². The number of anilines is 1. The molecule has 1 aromatic heterocycles. The fraction of sp³-hybridized carbons (Fsp3) is 0.704. The maximum absolute atomic E-state index is 12.2. The van der Waals surface area contributed by atoms with E-state index in [1.165, 1.54) is 56.9 Å². The largest absolute Gasteiger partial charge is 0.444 e. The molecule has 6 nitrogen and oxygen atoms in total. The van der Waals surface area contributed by atoms with Crippen molar-refractivity contribution < 1.29 is 13.9 Å². The van der Waals surface area contributed by atoms with Crippen LogP contribution in [0.1, 0.15) is 97.5 Å². The Balaban J connectivity index is 1.41. The molecule has 0 spiro atoms. The molecule has 1 aliphatic heterocycles. The van der Waals surface area contributed by atoms with Crippen molar-refractivity contribution in [1.82, 2.24) is 9.88 Å². The zero-order valence-electron chi connectivity index (χ0n) is 21.1. The van der Waals surface area contributed by atoms with E-state index in [1.54, 1.807) is 4.90 Å².